The number of carbonyl (C=O) groups is 1. The van der Waals surface area contributed by atoms with Crippen LogP contribution in [0.25, 0.3) is 5.65 Å². The SMILES string of the molecule is CN(C)C(=O)c1cnn2c([C@H]3CCCN3C3CCOCC3)ccnc12. The molecule has 1 atom stereocenters. The number of amides is 1. The lowest BCUT2D eigenvalue weighted by Gasteiger charge is -2.35. The van der Waals surface area contributed by atoms with Crippen molar-refractivity contribution in [1.82, 2.24) is 24.4 Å². The zero-order valence-corrected chi connectivity index (χ0v) is 14.9. The van der Waals surface area contributed by atoms with Crippen LogP contribution >= 0.6 is 0 Å². The number of ether oxygens (including phenoxy) is 1. The van der Waals surface area contributed by atoms with E-state index in [9.17, 15) is 4.79 Å². The van der Waals surface area contributed by atoms with Crippen molar-refractivity contribution in [2.24, 2.45) is 0 Å². The predicted octanol–water partition coefficient (Wildman–Crippen LogP) is 1.75. The molecule has 7 nitrogen and oxygen atoms in total. The monoisotopic (exact) mass is 343 g/mol. The maximum atomic E-state index is 12.4. The Morgan fingerprint density at radius 1 is 1.28 bits per heavy atom. The van der Waals surface area contributed by atoms with Gasteiger partial charge in [-0.3, -0.25) is 9.69 Å². The highest BCUT2D eigenvalue weighted by atomic mass is 16.5. The molecule has 2 aliphatic rings. The lowest BCUT2D eigenvalue weighted by molar-refractivity contribution is 0.0282. The van der Waals surface area contributed by atoms with Gasteiger partial charge in [-0.05, 0) is 38.3 Å². The minimum absolute atomic E-state index is 0.0626. The van der Waals surface area contributed by atoms with E-state index in [1.807, 2.05) is 10.6 Å². The topological polar surface area (TPSA) is 63.0 Å². The first-order valence-corrected chi connectivity index (χ1v) is 9.04. The summed E-state index contributed by atoms with van der Waals surface area (Å²) in [4.78, 5) is 21.0. The summed E-state index contributed by atoms with van der Waals surface area (Å²) < 4.78 is 7.39. The van der Waals surface area contributed by atoms with Gasteiger partial charge in [-0.1, -0.05) is 0 Å². The second-order valence-electron chi connectivity index (χ2n) is 7.10. The van der Waals surface area contributed by atoms with Gasteiger partial charge in [-0.15, -0.1) is 0 Å². The highest BCUT2D eigenvalue weighted by molar-refractivity contribution is 5.99. The van der Waals surface area contributed by atoms with E-state index in [1.165, 1.54) is 6.42 Å². The average Bonchev–Trinajstić information content (AvgIpc) is 3.28. The van der Waals surface area contributed by atoms with Gasteiger partial charge in [0.15, 0.2) is 5.65 Å². The van der Waals surface area contributed by atoms with Crippen LogP contribution in [0.5, 0.6) is 0 Å². The molecule has 2 aromatic heterocycles. The van der Waals surface area contributed by atoms with Gasteiger partial charge in [0, 0.05) is 39.5 Å². The Bertz CT molecular complexity index is 766. The molecule has 4 heterocycles. The molecule has 2 fully saturated rings. The minimum atomic E-state index is -0.0626. The fourth-order valence-electron chi connectivity index (χ4n) is 4.11. The molecule has 0 spiro atoms. The second kappa shape index (κ2) is 6.72. The van der Waals surface area contributed by atoms with Crippen molar-refractivity contribution < 1.29 is 9.53 Å². The average molecular weight is 343 g/mol. The van der Waals surface area contributed by atoms with E-state index < -0.39 is 0 Å². The van der Waals surface area contributed by atoms with Crippen molar-refractivity contribution in [3.8, 4) is 0 Å². The molecular weight excluding hydrogens is 318 g/mol. The molecule has 1 amide bonds. The summed E-state index contributed by atoms with van der Waals surface area (Å²) in [6, 6.07) is 2.95. The van der Waals surface area contributed by atoms with Crippen LogP contribution in [0.1, 0.15) is 47.8 Å². The van der Waals surface area contributed by atoms with Crippen molar-refractivity contribution >= 4 is 11.6 Å². The van der Waals surface area contributed by atoms with Gasteiger partial charge in [0.05, 0.1) is 17.9 Å². The van der Waals surface area contributed by atoms with E-state index in [0.717, 1.165) is 44.7 Å². The van der Waals surface area contributed by atoms with Crippen molar-refractivity contribution in [1.29, 1.82) is 0 Å². The fraction of sp³-hybridized carbons (Fsp3) is 0.611. The van der Waals surface area contributed by atoms with Gasteiger partial charge in [0.25, 0.3) is 5.91 Å². The standard InChI is InChI=1S/C18H25N5O2/c1-21(2)18(24)14-12-20-23-16(5-8-19-17(14)23)15-4-3-9-22(15)13-6-10-25-11-7-13/h5,8,12-13,15H,3-4,6-7,9-11H2,1-2H3/t15-/m1/s1. The van der Waals surface area contributed by atoms with E-state index in [2.05, 4.69) is 15.0 Å². The van der Waals surface area contributed by atoms with Crippen molar-refractivity contribution in [2.75, 3.05) is 33.9 Å². The smallest absolute Gasteiger partial charge is 0.258 e. The molecule has 7 heteroatoms. The molecule has 4 rings (SSSR count). The Kier molecular flexibility index (Phi) is 4.43. The summed E-state index contributed by atoms with van der Waals surface area (Å²) in [7, 11) is 3.50. The Labute approximate surface area is 147 Å². The van der Waals surface area contributed by atoms with Gasteiger partial charge in [-0.2, -0.15) is 5.10 Å². The first-order valence-electron chi connectivity index (χ1n) is 9.04. The molecule has 25 heavy (non-hydrogen) atoms. The molecule has 0 bridgehead atoms. The van der Waals surface area contributed by atoms with E-state index in [-0.39, 0.29) is 5.91 Å². The van der Waals surface area contributed by atoms with E-state index >= 15 is 0 Å². The van der Waals surface area contributed by atoms with Crippen LogP contribution in [-0.4, -0.2) is 70.2 Å². The number of rotatable bonds is 3. The number of likely N-dealkylation sites (tertiary alicyclic amines) is 1. The van der Waals surface area contributed by atoms with Crippen LogP contribution in [0.4, 0.5) is 0 Å². The summed E-state index contributed by atoms with van der Waals surface area (Å²) in [5.74, 6) is -0.0626. The Hall–Kier alpha value is -1.99. The van der Waals surface area contributed by atoms with Crippen LogP contribution in [0, 0.1) is 0 Å². The van der Waals surface area contributed by atoms with Crippen LogP contribution in [-0.2, 0) is 4.74 Å². The zero-order chi connectivity index (χ0) is 17.4. The summed E-state index contributed by atoms with van der Waals surface area (Å²) >= 11 is 0. The maximum Gasteiger partial charge on any atom is 0.258 e. The number of hydrogen-bond donors (Lipinski definition) is 0. The zero-order valence-electron chi connectivity index (χ0n) is 14.9. The van der Waals surface area contributed by atoms with Gasteiger partial charge in [-0.25, -0.2) is 9.50 Å². The largest absolute Gasteiger partial charge is 0.381 e. The highest BCUT2D eigenvalue weighted by Crippen LogP contribution is 2.36. The summed E-state index contributed by atoms with van der Waals surface area (Å²) in [6.07, 6.45) is 7.94. The normalized spacial score (nSPS) is 22.6. The minimum Gasteiger partial charge on any atom is -0.381 e. The second-order valence-corrected chi connectivity index (χ2v) is 7.10. The number of hydrogen-bond acceptors (Lipinski definition) is 5. The molecule has 0 N–H and O–H groups in total. The van der Waals surface area contributed by atoms with Crippen LogP contribution < -0.4 is 0 Å². The van der Waals surface area contributed by atoms with Crippen LogP contribution in [0.3, 0.4) is 0 Å². The van der Waals surface area contributed by atoms with E-state index in [0.29, 0.717) is 23.3 Å². The van der Waals surface area contributed by atoms with Crippen LogP contribution in [0.2, 0.25) is 0 Å². The molecule has 0 unspecified atom stereocenters. The fourth-order valence-corrected chi connectivity index (χ4v) is 4.11. The third-order valence-corrected chi connectivity index (χ3v) is 5.36. The lowest BCUT2D eigenvalue weighted by atomic mass is 10.0. The summed E-state index contributed by atoms with van der Waals surface area (Å²) in [5.41, 5.74) is 2.34. The van der Waals surface area contributed by atoms with Gasteiger partial charge >= 0.3 is 0 Å². The van der Waals surface area contributed by atoms with Gasteiger partial charge in [0.2, 0.25) is 0 Å². The molecule has 2 aliphatic heterocycles. The van der Waals surface area contributed by atoms with Crippen molar-refractivity contribution in [2.45, 2.75) is 37.8 Å². The number of nitrogens with zero attached hydrogens (tertiary/aromatic N) is 5. The molecule has 134 valence electrons. The highest BCUT2D eigenvalue weighted by Gasteiger charge is 2.34. The predicted molar refractivity (Wildman–Crippen MR) is 93.5 cm³/mol. The number of fused-ring (bicyclic) bond motifs is 1. The first-order chi connectivity index (χ1) is 12.2. The molecule has 0 aromatic carbocycles. The van der Waals surface area contributed by atoms with Crippen molar-refractivity contribution in [3.63, 3.8) is 0 Å². The Balaban J connectivity index is 1.70. The summed E-state index contributed by atoms with van der Waals surface area (Å²) in [5, 5.41) is 4.50. The quantitative estimate of drug-likeness (QED) is 0.850. The molecule has 0 radical (unpaired) electrons. The molecule has 0 aliphatic carbocycles. The molecule has 0 saturated carbocycles. The Morgan fingerprint density at radius 3 is 2.84 bits per heavy atom. The third kappa shape index (κ3) is 2.91. The Morgan fingerprint density at radius 2 is 2.08 bits per heavy atom. The lowest BCUT2D eigenvalue weighted by Crippen LogP contribution is -2.39. The van der Waals surface area contributed by atoms with Crippen LogP contribution in [0.15, 0.2) is 18.5 Å². The van der Waals surface area contributed by atoms with Gasteiger partial charge in [0.1, 0.15) is 5.56 Å². The van der Waals surface area contributed by atoms with E-state index in [4.69, 9.17) is 4.74 Å². The van der Waals surface area contributed by atoms with Crippen molar-refractivity contribution in [3.05, 3.63) is 29.7 Å². The first kappa shape index (κ1) is 16.5. The van der Waals surface area contributed by atoms with E-state index in [1.54, 1.807) is 31.4 Å². The maximum absolute atomic E-state index is 12.4. The summed E-state index contributed by atoms with van der Waals surface area (Å²) in [6.45, 7) is 2.82. The molecule has 2 saturated heterocycles. The molecular formula is C18H25N5O2. The number of aromatic nitrogens is 3. The third-order valence-electron chi connectivity index (χ3n) is 5.36. The molecule has 2 aromatic rings. The number of carbonyl (C=O) groups excluding carboxylic acids is 1. The van der Waals surface area contributed by atoms with Gasteiger partial charge < -0.3 is 9.64 Å².